The third-order valence-corrected chi connectivity index (χ3v) is 10.9. The van der Waals surface area contributed by atoms with Crippen LogP contribution in [0.3, 0.4) is 0 Å². The van der Waals surface area contributed by atoms with E-state index in [2.05, 4.69) is 85.7 Å². The van der Waals surface area contributed by atoms with Gasteiger partial charge >= 0.3 is 0 Å². The summed E-state index contributed by atoms with van der Waals surface area (Å²) in [6.07, 6.45) is 0. The summed E-state index contributed by atoms with van der Waals surface area (Å²) >= 11 is 9.43. The molecule has 0 bridgehead atoms. The van der Waals surface area contributed by atoms with Gasteiger partial charge in [0.1, 0.15) is 0 Å². The number of nitrogens with one attached hydrogen (secondary N) is 1. The van der Waals surface area contributed by atoms with Crippen molar-refractivity contribution in [3.63, 3.8) is 0 Å². The minimum absolute atomic E-state index is 0.0406. The van der Waals surface area contributed by atoms with Gasteiger partial charge in [-0.05, 0) is 74.2 Å². The zero-order chi connectivity index (χ0) is 29.5. The Balaban J connectivity index is 0.000000229. The Morgan fingerprint density at radius 3 is 1.54 bits per heavy atom. The van der Waals surface area contributed by atoms with Crippen LogP contribution in [0.1, 0.15) is 49.9 Å². The van der Waals surface area contributed by atoms with Crippen LogP contribution in [-0.4, -0.2) is 49.2 Å². The second kappa shape index (κ2) is 14.8. The number of alkyl halides is 1. The second-order valence-corrected chi connectivity index (χ2v) is 13.7. The lowest BCUT2D eigenvalue weighted by molar-refractivity contribution is -0.120. The first kappa shape index (κ1) is 34.2. The van der Waals surface area contributed by atoms with E-state index in [-0.39, 0.29) is 17.2 Å². The highest BCUT2D eigenvalue weighted by atomic mass is 127. The van der Waals surface area contributed by atoms with Gasteiger partial charge in [0.05, 0.1) is 26.4 Å². The Morgan fingerprint density at radius 2 is 1.26 bits per heavy atom. The lowest BCUT2D eigenvalue weighted by atomic mass is 9.87. The van der Waals surface area contributed by atoms with Crippen LogP contribution >= 0.6 is 54.5 Å². The van der Waals surface area contributed by atoms with Gasteiger partial charge in [-0.1, -0.05) is 68.3 Å². The molecule has 6 nitrogen and oxygen atoms in total. The molecule has 2 amide bonds. The van der Waals surface area contributed by atoms with E-state index in [4.69, 9.17) is 9.47 Å². The molecule has 2 fully saturated rings. The monoisotopic (exact) mass is 778 g/mol. The third-order valence-electron chi connectivity index (χ3n) is 6.53. The Bertz CT molecular complexity index is 1130. The van der Waals surface area contributed by atoms with E-state index in [1.807, 2.05) is 44.7 Å². The number of carbonyl (C=O) groups is 2. The number of halogens is 3. The minimum Gasteiger partial charge on any atom is -0.380 e. The Labute approximate surface area is 264 Å². The largest absolute Gasteiger partial charge is 0.380 e. The van der Waals surface area contributed by atoms with Crippen molar-refractivity contribution in [1.29, 1.82) is 0 Å². The van der Waals surface area contributed by atoms with Crippen LogP contribution in [0.4, 0.5) is 11.4 Å². The van der Waals surface area contributed by atoms with Gasteiger partial charge in [-0.2, -0.15) is 0 Å². The van der Waals surface area contributed by atoms with Crippen LogP contribution in [-0.2, 0) is 19.1 Å². The summed E-state index contributed by atoms with van der Waals surface area (Å²) in [5.74, 6) is 0.0374. The first-order valence-corrected chi connectivity index (χ1v) is 16.0. The van der Waals surface area contributed by atoms with Gasteiger partial charge in [0.15, 0.2) is 0 Å². The van der Waals surface area contributed by atoms with Crippen LogP contribution in [0.15, 0.2) is 33.2 Å². The van der Waals surface area contributed by atoms with Crippen molar-refractivity contribution < 1.29 is 19.1 Å². The predicted octanol–water partition coefficient (Wildman–Crippen LogP) is 7.94. The van der Waals surface area contributed by atoms with Gasteiger partial charge in [0.25, 0.3) is 0 Å². The number of rotatable bonds is 5. The Kier molecular flexibility index (Phi) is 12.9. The molecule has 0 atom stereocenters. The fourth-order valence-electron chi connectivity index (χ4n) is 4.14. The number of anilines is 2. The lowest BCUT2D eigenvalue weighted by Crippen LogP contribution is -2.50. The van der Waals surface area contributed by atoms with Crippen molar-refractivity contribution >= 4 is 77.6 Å². The van der Waals surface area contributed by atoms with E-state index in [9.17, 15) is 9.59 Å². The number of ether oxygens (including phenoxy) is 2. The maximum atomic E-state index is 11.9. The van der Waals surface area contributed by atoms with Gasteiger partial charge < -0.3 is 19.7 Å². The van der Waals surface area contributed by atoms with Crippen molar-refractivity contribution in [3.8, 4) is 0 Å². The summed E-state index contributed by atoms with van der Waals surface area (Å²) in [6, 6.07) is 8.00. The molecule has 2 aliphatic heterocycles. The molecular weight excluding hydrogens is 739 g/mol. The number of aryl methyl sites for hydroxylation is 4. The molecule has 2 saturated heterocycles. The van der Waals surface area contributed by atoms with Crippen molar-refractivity contribution in [3.05, 3.63) is 55.5 Å². The molecule has 0 radical (unpaired) electrons. The van der Waals surface area contributed by atoms with Gasteiger partial charge in [-0.15, -0.1) is 0 Å². The van der Waals surface area contributed by atoms with Crippen LogP contribution in [0, 0.1) is 38.5 Å². The van der Waals surface area contributed by atoms with Crippen LogP contribution in [0.5, 0.6) is 0 Å². The number of benzene rings is 2. The second-order valence-electron chi connectivity index (χ2n) is 11.3. The van der Waals surface area contributed by atoms with Crippen LogP contribution in [0.25, 0.3) is 0 Å². The normalized spacial score (nSPS) is 16.3. The van der Waals surface area contributed by atoms with Crippen LogP contribution < -0.4 is 10.2 Å². The zero-order valence-electron chi connectivity index (χ0n) is 24.3. The molecule has 2 aromatic carbocycles. The average Bonchev–Trinajstić information content (AvgIpc) is 2.81. The van der Waals surface area contributed by atoms with E-state index >= 15 is 0 Å². The topological polar surface area (TPSA) is 67.9 Å². The number of nitrogens with zero attached hydrogens (tertiary/aromatic N) is 1. The van der Waals surface area contributed by atoms with Gasteiger partial charge in [0, 0.05) is 56.0 Å². The third kappa shape index (κ3) is 10.1. The summed E-state index contributed by atoms with van der Waals surface area (Å²) in [5.41, 5.74) is 6.99. The van der Waals surface area contributed by atoms with E-state index in [1.54, 1.807) is 6.92 Å². The molecular formula is C30H41Br2IN2O4. The molecule has 9 heteroatoms. The average molecular weight is 780 g/mol. The van der Waals surface area contributed by atoms with E-state index < -0.39 is 0 Å². The van der Waals surface area contributed by atoms with Crippen molar-refractivity contribution in [2.24, 2.45) is 10.8 Å². The molecule has 0 aromatic heterocycles. The van der Waals surface area contributed by atoms with Gasteiger partial charge in [0.2, 0.25) is 11.8 Å². The maximum absolute atomic E-state index is 11.9. The van der Waals surface area contributed by atoms with Crippen LogP contribution in [0.2, 0.25) is 0 Å². The van der Waals surface area contributed by atoms with E-state index in [0.29, 0.717) is 12.0 Å². The quantitative estimate of drug-likeness (QED) is 0.248. The summed E-state index contributed by atoms with van der Waals surface area (Å²) in [6.45, 7) is 19.7. The first-order chi connectivity index (χ1) is 18.1. The Morgan fingerprint density at radius 1 is 0.846 bits per heavy atom. The fourth-order valence-corrected chi connectivity index (χ4v) is 5.03. The summed E-state index contributed by atoms with van der Waals surface area (Å²) in [5, 5.41) is 2.75. The van der Waals surface area contributed by atoms with Crippen molar-refractivity contribution in [2.45, 2.75) is 55.4 Å². The molecule has 2 heterocycles. The van der Waals surface area contributed by atoms with Crippen molar-refractivity contribution in [1.82, 2.24) is 0 Å². The Hall–Kier alpha value is -1.01. The van der Waals surface area contributed by atoms with E-state index in [0.717, 1.165) is 69.0 Å². The molecule has 0 saturated carbocycles. The van der Waals surface area contributed by atoms with Gasteiger partial charge in [-0.25, -0.2) is 0 Å². The standard InChI is InChI=1S/C15H20BrNO2.C10H12BrNO.C5H9IO/c1-10-5-13(6-11(2)14(10)16)17(12(3)18)7-15(4)8-19-9-15;1-6-4-9(12-8(3)13)5-7(2)10(6)11;1-5(2-6)3-7-4-5/h5-6H,7-9H2,1-4H3;4-5H,1-3H3,(H,12,13);2-4H2,1H3. The molecule has 2 aromatic rings. The molecule has 39 heavy (non-hydrogen) atoms. The van der Waals surface area contributed by atoms with Gasteiger partial charge in [-0.3, -0.25) is 9.59 Å². The zero-order valence-corrected chi connectivity index (χ0v) is 29.6. The molecule has 0 spiro atoms. The first-order valence-electron chi connectivity index (χ1n) is 12.9. The molecule has 0 unspecified atom stereocenters. The summed E-state index contributed by atoms with van der Waals surface area (Å²) < 4.78 is 13.7. The number of amides is 2. The highest BCUT2D eigenvalue weighted by Gasteiger charge is 2.36. The smallest absolute Gasteiger partial charge is 0.223 e. The molecule has 2 aliphatic rings. The van der Waals surface area contributed by atoms with Crippen molar-refractivity contribution in [2.75, 3.05) is 47.6 Å². The SMILES string of the molecule is CC(=O)N(CC1(C)COC1)c1cc(C)c(Br)c(C)c1.CC(=O)Nc1cc(C)c(Br)c(C)c1.CC1(CI)COC1. The molecule has 0 aliphatic carbocycles. The predicted molar refractivity (Wildman–Crippen MR) is 176 cm³/mol. The van der Waals surface area contributed by atoms with E-state index in [1.165, 1.54) is 11.4 Å². The number of hydrogen-bond acceptors (Lipinski definition) is 4. The molecule has 216 valence electrons. The summed E-state index contributed by atoms with van der Waals surface area (Å²) in [7, 11) is 0. The summed E-state index contributed by atoms with van der Waals surface area (Å²) in [4.78, 5) is 24.6. The highest BCUT2D eigenvalue weighted by Crippen LogP contribution is 2.33. The number of carbonyl (C=O) groups excluding carboxylic acids is 2. The number of hydrogen-bond donors (Lipinski definition) is 1. The molecule has 1 N–H and O–H groups in total. The lowest BCUT2D eigenvalue weighted by Gasteiger charge is -2.41. The fraction of sp³-hybridized carbons (Fsp3) is 0.533. The molecule has 4 rings (SSSR count). The maximum Gasteiger partial charge on any atom is 0.223 e. The minimum atomic E-state index is -0.0406. The highest BCUT2D eigenvalue weighted by molar-refractivity contribution is 14.1.